The minimum Gasteiger partial charge on any atom is -0.317 e. The zero-order valence-corrected chi connectivity index (χ0v) is 15.7. The molecule has 2 aromatic rings. The van der Waals surface area contributed by atoms with E-state index in [0.717, 1.165) is 48.8 Å². The maximum Gasteiger partial charge on any atom is 0.259 e. The molecule has 6 nitrogen and oxygen atoms in total. The molecule has 2 aromatic carbocycles. The molecule has 5 rings (SSSR count). The Bertz CT molecular complexity index is 992. The molecule has 0 radical (unpaired) electrons. The molecule has 28 heavy (non-hydrogen) atoms. The normalized spacial score (nSPS) is 25.1. The van der Waals surface area contributed by atoms with Gasteiger partial charge in [-0.25, -0.2) is 0 Å². The zero-order valence-electron chi connectivity index (χ0n) is 15.7. The van der Waals surface area contributed by atoms with E-state index in [1.165, 1.54) is 5.56 Å². The molecule has 6 heteroatoms. The summed E-state index contributed by atoms with van der Waals surface area (Å²) in [5.41, 5.74) is 2.74. The number of carbonyl (C=O) groups is 3. The van der Waals surface area contributed by atoms with Crippen molar-refractivity contribution >= 4 is 34.2 Å². The van der Waals surface area contributed by atoms with Crippen molar-refractivity contribution in [3.63, 3.8) is 0 Å². The van der Waals surface area contributed by atoms with Crippen molar-refractivity contribution in [3.8, 4) is 0 Å². The number of carbonyl (C=O) groups excluding carboxylic acids is 3. The molecule has 2 saturated heterocycles. The van der Waals surface area contributed by atoms with Gasteiger partial charge in [0.05, 0.1) is 5.69 Å². The molecule has 144 valence electrons. The van der Waals surface area contributed by atoms with Crippen LogP contribution in [-0.2, 0) is 9.59 Å². The summed E-state index contributed by atoms with van der Waals surface area (Å²) in [4.78, 5) is 38.8. The highest BCUT2D eigenvalue weighted by atomic mass is 16.2. The van der Waals surface area contributed by atoms with E-state index in [9.17, 15) is 14.4 Å². The van der Waals surface area contributed by atoms with Gasteiger partial charge in [-0.3, -0.25) is 24.6 Å². The molecular weight excluding hydrogens is 354 g/mol. The summed E-state index contributed by atoms with van der Waals surface area (Å²) in [6.45, 7) is 2.06. The smallest absolute Gasteiger partial charge is 0.259 e. The molecule has 1 unspecified atom stereocenters. The highest BCUT2D eigenvalue weighted by Gasteiger charge is 2.41. The number of imide groups is 1. The van der Waals surface area contributed by atoms with Crippen LogP contribution in [0.15, 0.2) is 30.3 Å². The van der Waals surface area contributed by atoms with Crippen molar-refractivity contribution in [3.05, 3.63) is 41.5 Å². The molecule has 2 atom stereocenters. The number of nitrogens with one attached hydrogen (secondary N) is 2. The van der Waals surface area contributed by atoms with Crippen LogP contribution in [0.5, 0.6) is 0 Å². The van der Waals surface area contributed by atoms with E-state index in [1.54, 1.807) is 4.90 Å². The predicted octanol–water partition coefficient (Wildman–Crippen LogP) is 2.46. The summed E-state index contributed by atoms with van der Waals surface area (Å²) < 4.78 is 0. The Morgan fingerprint density at radius 2 is 1.86 bits per heavy atom. The lowest BCUT2D eigenvalue weighted by Crippen LogP contribution is -2.53. The van der Waals surface area contributed by atoms with Crippen molar-refractivity contribution in [2.75, 3.05) is 18.0 Å². The largest absolute Gasteiger partial charge is 0.317 e. The summed E-state index contributed by atoms with van der Waals surface area (Å²) in [5.74, 6) is -0.328. The van der Waals surface area contributed by atoms with E-state index in [2.05, 4.69) is 22.8 Å². The summed E-state index contributed by atoms with van der Waals surface area (Å²) in [5, 5.41) is 7.90. The van der Waals surface area contributed by atoms with Crippen LogP contribution in [0.1, 0.15) is 53.9 Å². The maximum absolute atomic E-state index is 13.2. The van der Waals surface area contributed by atoms with E-state index in [0.29, 0.717) is 17.9 Å². The Hall–Kier alpha value is -2.73. The number of anilines is 1. The van der Waals surface area contributed by atoms with Crippen LogP contribution in [0.25, 0.3) is 10.8 Å². The van der Waals surface area contributed by atoms with Gasteiger partial charge in [0, 0.05) is 17.4 Å². The van der Waals surface area contributed by atoms with Crippen molar-refractivity contribution in [1.82, 2.24) is 10.6 Å². The van der Waals surface area contributed by atoms with Gasteiger partial charge in [-0.15, -0.1) is 0 Å². The number of piperidine rings is 1. The molecule has 3 heterocycles. The van der Waals surface area contributed by atoms with Gasteiger partial charge in [-0.05, 0) is 67.8 Å². The van der Waals surface area contributed by atoms with E-state index < -0.39 is 6.04 Å². The average Bonchev–Trinajstić information content (AvgIpc) is 2.87. The molecule has 0 saturated carbocycles. The van der Waals surface area contributed by atoms with Crippen molar-refractivity contribution in [2.24, 2.45) is 0 Å². The molecule has 0 spiro atoms. The molecule has 3 amide bonds. The van der Waals surface area contributed by atoms with Gasteiger partial charge >= 0.3 is 0 Å². The second kappa shape index (κ2) is 6.71. The monoisotopic (exact) mass is 377 g/mol. The van der Waals surface area contributed by atoms with Crippen LogP contribution in [-0.4, -0.2) is 36.9 Å². The van der Waals surface area contributed by atoms with Gasteiger partial charge in [0.1, 0.15) is 6.04 Å². The molecule has 3 aliphatic heterocycles. The summed E-state index contributed by atoms with van der Waals surface area (Å²) in [6.07, 6.45) is 3.99. The zero-order chi connectivity index (χ0) is 19.3. The third-order valence-corrected chi connectivity index (χ3v) is 6.30. The molecule has 2 N–H and O–H groups in total. The Morgan fingerprint density at radius 1 is 0.964 bits per heavy atom. The van der Waals surface area contributed by atoms with Crippen LogP contribution in [0.3, 0.4) is 0 Å². The Labute approximate surface area is 163 Å². The first-order chi connectivity index (χ1) is 13.6. The number of hydrogen-bond acceptors (Lipinski definition) is 4. The van der Waals surface area contributed by atoms with Crippen LogP contribution in [0, 0.1) is 0 Å². The fourth-order valence-corrected chi connectivity index (χ4v) is 4.95. The van der Waals surface area contributed by atoms with E-state index in [1.807, 2.05) is 18.2 Å². The first kappa shape index (κ1) is 17.4. The van der Waals surface area contributed by atoms with Crippen LogP contribution >= 0.6 is 0 Å². The Kier molecular flexibility index (Phi) is 4.16. The van der Waals surface area contributed by atoms with E-state index in [-0.39, 0.29) is 24.1 Å². The van der Waals surface area contributed by atoms with Crippen molar-refractivity contribution < 1.29 is 14.4 Å². The first-order valence-corrected chi connectivity index (χ1v) is 10.1. The van der Waals surface area contributed by atoms with Crippen LogP contribution in [0.2, 0.25) is 0 Å². The van der Waals surface area contributed by atoms with E-state index in [4.69, 9.17) is 0 Å². The highest BCUT2D eigenvalue weighted by Crippen LogP contribution is 2.43. The first-order valence-electron chi connectivity index (χ1n) is 10.1. The molecule has 2 fully saturated rings. The van der Waals surface area contributed by atoms with Gasteiger partial charge < -0.3 is 5.32 Å². The summed E-state index contributed by atoms with van der Waals surface area (Å²) >= 11 is 0. The summed E-state index contributed by atoms with van der Waals surface area (Å²) in [6, 6.07) is 9.37. The SMILES string of the molecule is O=C1CCC(N2C(=O)c3ccc([C@@H]4CCCNCC4)c4cccc2c34)C(=O)N1. The van der Waals surface area contributed by atoms with E-state index >= 15 is 0 Å². The lowest BCUT2D eigenvalue weighted by molar-refractivity contribution is -0.134. The van der Waals surface area contributed by atoms with Gasteiger partial charge in [0.25, 0.3) is 5.91 Å². The molecule has 0 aromatic heterocycles. The number of rotatable bonds is 2. The second-order valence-electron chi connectivity index (χ2n) is 7.92. The topological polar surface area (TPSA) is 78.5 Å². The number of amides is 3. The molecule has 0 bridgehead atoms. The standard InChI is InChI=1S/C22H23N3O3/c26-19-9-8-18(21(27)24-19)25-17-5-1-4-15-14(13-3-2-11-23-12-10-13)6-7-16(20(15)17)22(25)28/h1,4-7,13,18,23H,2-3,8-12H2,(H,24,26,27)/t13-,18?/m1/s1. The third-order valence-electron chi connectivity index (χ3n) is 6.30. The van der Waals surface area contributed by atoms with Gasteiger partial charge in [-0.2, -0.15) is 0 Å². The van der Waals surface area contributed by atoms with Crippen LogP contribution < -0.4 is 15.5 Å². The van der Waals surface area contributed by atoms with Crippen molar-refractivity contribution in [2.45, 2.75) is 44.1 Å². The lowest BCUT2D eigenvalue weighted by atomic mass is 9.87. The number of benzene rings is 2. The van der Waals surface area contributed by atoms with Gasteiger partial charge in [0.15, 0.2) is 0 Å². The lowest BCUT2D eigenvalue weighted by Gasteiger charge is -2.30. The number of nitrogens with zero attached hydrogens (tertiary/aromatic N) is 1. The molecule has 0 aliphatic carbocycles. The van der Waals surface area contributed by atoms with Gasteiger partial charge in [-0.1, -0.05) is 18.2 Å². The predicted molar refractivity (Wildman–Crippen MR) is 106 cm³/mol. The van der Waals surface area contributed by atoms with Crippen molar-refractivity contribution in [1.29, 1.82) is 0 Å². The average molecular weight is 377 g/mol. The third kappa shape index (κ3) is 2.63. The minimum atomic E-state index is -0.631. The Balaban J connectivity index is 1.60. The van der Waals surface area contributed by atoms with Gasteiger partial charge in [0.2, 0.25) is 11.8 Å². The van der Waals surface area contributed by atoms with Crippen LogP contribution in [0.4, 0.5) is 5.69 Å². The quantitative estimate of drug-likeness (QED) is 0.788. The Morgan fingerprint density at radius 3 is 2.71 bits per heavy atom. The fraction of sp³-hybridized carbons (Fsp3) is 0.409. The minimum absolute atomic E-state index is 0.144. The highest BCUT2D eigenvalue weighted by molar-refractivity contribution is 6.27. The number of hydrogen-bond donors (Lipinski definition) is 2. The fourth-order valence-electron chi connectivity index (χ4n) is 4.95. The molecule has 3 aliphatic rings. The maximum atomic E-state index is 13.2. The summed E-state index contributed by atoms with van der Waals surface area (Å²) in [7, 11) is 0. The molecular formula is C22H23N3O3. The second-order valence-corrected chi connectivity index (χ2v) is 7.92.